The predicted octanol–water partition coefficient (Wildman–Crippen LogP) is 7.95. The minimum absolute atomic E-state index is 0.0397. The number of hydrogen-bond donors (Lipinski definition) is 1. The van der Waals surface area contributed by atoms with Crippen molar-refractivity contribution < 1.29 is 19.4 Å². The van der Waals surface area contributed by atoms with Crippen LogP contribution < -0.4 is 0 Å². The van der Waals surface area contributed by atoms with Crippen molar-refractivity contribution in [2.45, 2.75) is 66.9 Å². The average molecular weight is 508 g/mol. The van der Waals surface area contributed by atoms with Crippen molar-refractivity contribution in [2.75, 3.05) is 13.7 Å². The van der Waals surface area contributed by atoms with E-state index in [2.05, 4.69) is 63.3 Å². The van der Waals surface area contributed by atoms with Crippen molar-refractivity contribution in [3.63, 3.8) is 0 Å². The van der Waals surface area contributed by atoms with Crippen molar-refractivity contribution in [2.24, 2.45) is 7.05 Å². The fraction of sp³-hybridized carbons (Fsp3) is 0.406. The SMILES string of the molecule is C=C(C)C.CC/C=C/OC.CCOC(=O)c1c(-c2ccc(C(C)(C)C)cc2)c2cc(CO)ccc2n1C. The topological polar surface area (TPSA) is 60.7 Å². The Morgan fingerprint density at radius 3 is 2.11 bits per heavy atom. The lowest BCUT2D eigenvalue weighted by molar-refractivity contribution is 0.0517. The molecule has 202 valence electrons. The van der Waals surface area contributed by atoms with Gasteiger partial charge in [-0.2, -0.15) is 0 Å². The van der Waals surface area contributed by atoms with Gasteiger partial charge >= 0.3 is 5.97 Å². The normalized spacial score (nSPS) is 10.9. The van der Waals surface area contributed by atoms with E-state index in [1.807, 2.05) is 56.7 Å². The predicted molar refractivity (Wildman–Crippen MR) is 156 cm³/mol. The van der Waals surface area contributed by atoms with Crippen LogP contribution in [0.5, 0.6) is 0 Å². The molecule has 1 heterocycles. The van der Waals surface area contributed by atoms with Crippen molar-refractivity contribution in [3.05, 3.63) is 83.8 Å². The number of ether oxygens (including phenoxy) is 2. The van der Waals surface area contributed by atoms with Crippen LogP contribution in [-0.2, 0) is 28.5 Å². The van der Waals surface area contributed by atoms with E-state index in [0.717, 1.165) is 34.0 Å². The highest BCUT2D eigenvalue weighted by molar-refractivity contribution is 6.08. The van der Waals surface area contributed by atoms with Crippen LogP contribution in [0.4, 0.5) is 0 Å². The molecule has 0 spiro atoms. The molecule has 0 saturated carbocycles. The first-order valence-corrected chi connectivity index (χ1v) is 12.7. The van der Waals surface area contributed by atoms with Gasteiger partial charge in [-0.3, -0.25) is 0 Å². The van der Waals surface area contributed by atoms with E-state index in [0.29, 0.717) is 12.3 Å². The Morgan fingerprint density at radius 1 is 1.08 bits per heavy atom. The van der Waals surface area contributed by atoms with E-state index in [-0.39, 0.29) is 18.0 Å². The minimum atomic E-state index is -0.336. The highest BCUT2D eigenvalue weighted by Gasteiger charge is 2.24. The first kappa shape index (κ1) is 31.7. The van der Waals surface area contributed by atoms with Gasteiger partial charge in [0, 0.05) is 23.5 Å². The molecule has 0 atom stereocenters. The molecule has 0 bridgehead atoms. The van der Waals surface area contributed by atoms with Gasteiger partial charge in [0.15, 0.2) is 0 Å². The molecule has 0 unspecified atom stereocenters. The smallest absolute Gasteiger partial charge is 0.355 e. The summed E-state index contributed by atoms with van der Waals surface area (Å²) in [6.45, 7) is 18.2. The second kappa shape index (κ2) is 15.1. The van der Waals surface area contributed by atoms with Crippen LogP contribution in [0, 0.1) is 0 Å². The molecule has 0 radical (unpaired) electrons. The zero-order valence-corrected chi connectivity index (χ0v) is 24.1. The molecular formula is C32H45NO4. The molecule has 1 aromatic heterocycles. The van der Waals surface area contributed by atoms with Crippen molar-refractivity contribution in [3.8, 4) is 11.1 Å². The summed E-state index contributed by atoms with van der Waals surface area (Å²) >= 11 is 0. The molecule has 0 aliphatic carbocycles. The number of fused-ring (bicyclic) bond motifs is 1. The van der Waals surface area contributed by atoms with Gasteiger partial charge < -0.3 is 19.1 Å². The number of aliphatic hydroxyl groups is 1. The summed E-state index contributed by atoms with van der Waals surface area (Å²) in [7, 11) is 3.52. The summed E-state index contributed by atoms with van der Waals surface area (Å²) in [6.07, 6.45) is 4.69. The Bertz CT molecular complexity index is 1170. The molecular weight excluding hydrogens is 462 g/mol. The van der Waals surface area contributed by atoms with Crippen LogP contribution in [0.25, 0.3) is 22.0 Å². The largest absolute Gasteiger partial charge is 0.505 e. The van der Waals surface area contributed by atoms with Gasteiger partial charge in [0.05, 0.1) is 26.6 Å². The van der Waals surface area contributed by atoms with Crippen LogP contribution in [0.15, 0.2) is 67.0 Å². The summed E-state index contributed by atoms with van der Waals surface area (Å²) in [4.78, 5) is 12.7. The van der Waals surface area contributed by atoms with Gasteiger partial charge in [0.1, 0.15) is 5.69 Å². The quantitative estimate of drug-likeness (QED) is 0.209. The number of aromatic nitrogens is 1. The number of carbonyl (C=O) groups is 1. The van der Waals surface area contributed by atoms with E-state index in [9.17, 15) is 9.90 Å². The number of methoxy groups -OCH3 is 1. The third-order valence-corrected chi connectivity index (χ3v) is 5.42. The molecule has 37 heavy (non-hydrogen) atoms. The molecule has 5 heteroatoms. The molecule has 5 nitrogen and oxygen atoms in total. The number of rotatable bonds is 6. The Balaban J connectivity index is 0.000000583. The van der Waals surface area contributed by atoms with Gasteiger partial charge in [0.25, 0.3) is 0 Å². The fourth-order valence-corrected chi connectivity index (χ4v) is 3.65. The van der Waals surface area contributed by atoms with Crippen molar-refractivity contribution in [1.29, 1.82) is 0 Å². The standard InChI is InChI=1S/C23H27NO3.C5H10O.C4H8/c1-6-27-22(26)21-20(16-8-10-17(11-9-16)23(2,3)4)18-13-15(14-25)7-12-19(18)24(21)5;1-3-4-5-6-2;1-4(2)3/h7-13,25H,6,14H2,1-5H3;4-5H,3H2,1-2H3;1H2,2-3H3/b;5-4+;. The molecule has 3 rings (SSSR count). The second-order valence-electron chi connectivity index (χ2n) is 10.1. The maximum atomic E-state index is 12.7. The molecule has 0 aliphatic heterocycles. The third-order valence-electron chi connectivity index (χ3n) is 5.42. The first-order chi connectivity index (χ1) is 17.4. The monoisotopic (exact) mass is 507 g/mol. The van der Waals surface area contributed by atoms with E-state index < -0.39 is 0 Å². The highest BCUT2D eigenvalue weighted by Crippen LogP contribution is 2.36. The van der Waals surface area contributed by atoms with E-state index in [1.165, 1.54) is 11.1 Å². The Morgan fingerprint density at radius 2 is 1.68 bits per heavy atom. The summed E-state index contributed by atoms with van der Waals surface area (Å²) in [5, 5.41) is 10.5. The number of esters is 1. The fourth-order valence-electron chi connectivity index (χ4n) is 3.65. The zero-order chi connectivity index (χ0) is 28.2. The Labute approximate surface area is 223 Å². The summed E-state index contributed by atoms with van der Waals surface area (Å²) in [5.41, 5.74) is 6.56. The number of hydrogen-bond acceptors (Lipinski definition) is 4. The van der Waals surface area contributed by atoms with Gasteiger partial charge in [-0.1, -0.05) is 69.7 Å². The summed E-state index contributed by atoms with van der Waals surface area (Å²) < 4.78 is 11.8. The lowest BCUT2D eigenvalue weighted by Gasteiger charge is -2.19. The Hall–Kier alpha value is -3.31. The number of aliphatic hydroxyl groups excluding tert-OH is 1. The van der Waals surface area contributed by atoms with Gasteiger partial charge in [0.2, 0.25) is 0 Å². The summed E-state index contributed by atoms with van der Waals surface area (Å²) in [6, 6.07) is 14.1. The number of allylic oxidation sites excluding steroid dienone is 2. The maximum absolute atomic E-state index is 12.7. The third kappa shape index (κ3) is 9.25. The lowest BCUT2D eigenvalue weighted by atomic mass is 9.86. The van der Waals surface area contributed by atoms with E-state index >= 15 is 0 Å². The molecule has 3 aromatic rings. The number of benzene rings is 2. The molecule has 0 fully saturated rings. The van der Waals surface area contributed by atoms with E-state index in [1.54, 1.807) is 13.4 Å². The molecule has 0 saturated heterocycles. The van der Waals surface area contributed by atoms with Gasteiger partial charge in [-0.05, 0) is 61.4 Å². The second-order valence-corrected chi connectivity index (χ2v) is 10.1. The number of nitrogens with zero attached hydrogens (tertiary/aromatic N) is 1. The van der Waals surface area contributed by atoms with Gasteiger partial charge in [-0.25, -0.2) is 4.79 Å². The van der Waals surface area contributed by atoms with Crippen LogP contribution in [0.3, 0.4) is 0 Å². The molecule has 1 N–H and O–H groups in total. The lowest BCUT2D eigenvalue weighted by Crippen LogP contribution is -2.12. The number of carbonyl (C=O) groups excluding carboxylic acids is 1. The highest BCUT2D eigenvalue weighted by atomic mass is 16.5. The maximum Gasteiger partial charge on any atom is 0.355 e. The van der Waals surface area contributed by atoms with E-state index in [4.69, 9.17) is 4.74 Å². The minimum Gasteiger partial charge on any atom is -0.505 e. The Kier molecular flexibility index (Phi) is 12.9. The molecule has 2 aromatic carbocycles. The number of aryl methyl sites for hydroxylation is 1. The van der Waals surface area contributed by atoms with Crippen LogP contribution in [0.1, 0.15) is 76.5 Å². The summed E-state index contributed by atoms with van der Waals surface area (Å²) in [5.74, 6) is -0.336. The van der Waals surface area contributed by atoms with Crippen LogP contribution >= 0.6 is 0 Å². The molecule has 0 aliphatic rings. The first-order valence-electron chi connectivity index (χ1n) is 12.7. The zero-order valence-electron chi connectivity index (χ0n) is 24.1. The van der Waals surface area contributed by atoms with Crippen molar-refractivity contribution in [1.82, 2.24) is 4.57 Å². The van der Waals surface area contributed by atoms with Gasteiger partial charge in [-0.15, -0.1) is 6.58 Å². The van der Waals surface area contributed by atoms with Crippen LogP contribution in [0.2, 0.25) is 0 Å². The average Bonchev–Trinajstić information content (AvgIpc) is 3.14. The van der Waals surface area contributed by atoms with Crippen molar-refractivity contribution >= 4 is 16.9 Å². The van der Waals surface area contributed by atoms with Crippen LogP contribution in [-0.4, -0.2) is 29.4 Å². The molecule has 0 amide bonds.